The predicted octanol–water partition coefficient (Wildman–Crippen LogP) is 2.34. The highest BCUT2D eigenvalue weighted by Crippen LogP contribution is 2.18. The third-order valence-electron chi connectivity index (χ3n) is 2.34. The van der Waals surface area contributed by atoms with Gasteiger partial charge in [-0.15, -0.1) is 0 Å². The van der Waals surface area contributed by atoms with E-state index in [2.05, 4.69) is 20.8 Å². The fourth-order valence-corrected chi connectivity index (χ4v) is 1.14. The largest absolute Gasteiger partial charge is 0.465 e. The molecule has 1 atom stereocenters. The molecule has 3 nitrogen and oxygen atoms in total. The standard InChI is InChI=1S/C12H25NO2/c1-10(6-5-8-13)11(14)15-9-7-12(2,3)4/h10H,5-9,13H2,1-4H3. The van der Waals surface area contributed by atoms with Crippen LogP contribution >= 0.6 is 0 Å². The first-order valence-electron chi connectivity index (χ1n) is 5.73. The normalized spacial score (nSPS) is 13.7. The number of hydrogen-bond donors (Lipinski definition) is 1. The summed E-state index contributed by atoms with van der Waals surface area (Å²) in [7, 11) is 0. The molecule has 3 heteroatoms. The van der Waals surface area contributed by atoms with Crippen molar-refractivity contribution in [2.45, 2.75) is 47.0 Å². The zero-order chi connectivity index (χ0) is 11.9. The smallest absolute Gasteiger partial charge is 0.308 e. The first kappa shape index (κ1) is 14.4. The van der Waals surface area contributed by atoms with Crippen molar-refractivity contribution in [3.05, 3.63) is 0 Å². The van der Waals surface area contributed by atoms with Gasteiger partial charge in [-0.1, -0.05) is 27.7 Å². The molecule has 0 rings (SSSR count). The Hall–Kier alpha value is -0.570. The Labute approximate surface area is 93.4 Å². The molecule has 0 aromatic rings. The Kier molecular flexibility index (Phi) is 6.57. The zero-order valence-electron chi connectivity index (χ0n) is 10.5. The van der Waals surface area contributed by atoms with E-state index >= 15 is 0 Å². The van der Waals surface area contributed by atoms with Gasteiger partial charge in [0.15, 0.2) is 0 Å². The van der Waals surface area contributed by atoms with Crippen LogP contribution in [0, 0.1) is 11.3 Å². The van der Waals surface area contributed by atoms with Gasteiger partial charge in [-0.2, -0.15) is 0 Å². The molecule has 0 spiro atoms. The quantitative estimate of drug-likeness (QED) is 0.692. The van der Waals surface area contributed by atoms with Crippen LogP contribution in [0.4, 0.5) is 0 Å². The highest BCUT2D eigenvalue weighted by atomic mass is 16.5. The first-order chi connectivity index (χ1) is 6.87. The van der Waals surface area contributed by atoms with Crippen LogP contribution in [-0.4, -0.2) is 19.1 Å². The van der Waals surface area contributed by atoms with Gasteiger partial charge < -0.3 is 10.5 Å². The number of rotatable bonds is 6. The molecule has 0 fully saturated rings. The maximum Gasteiger partial charge on any atom is 0.308 e. The van der Waals surface area contributed by atoms with Crippen LogP contribution in [0.5, 0.6) is 0 Å². The van der Waals surface area contributed by atoms with Crippen LogP contribution in [0.1, 0.15) is 47.0 Å². The molecule has 0 aliphatic heterocycles. The van der Waals surface area contributed by atoms with Crippen molar-refractivity contribution in [1.82, 2.24) is 0 Å². The molecular formula is C12H25NO2. The minimum absolute atomic E-state index is 0.0199. The predicted molar refractivity (Wildman–Crippen MR) is 62.5 cm³/mol. The lowest BCUT2D eigenvalue weighted by atomic mass is 9.93. The van der Waals surface area contributed by atoms with Crippen LogP contribution in [0.25, 0.3) is 0 Å². The maximum atomic E-state index is 11.5. The van der Waals surface area contributed by atoms with Crippen LogP contribution in [-0.2, 0) is 9.53 Å². The fraction of sp³-hybridized carbons (Fsp3) is 0.917. The second-order valence-electron chi connectivity index (χ2n) is 5.31. The van der Waals surface area contributed by atoms with Crippen LogP contribution in [0.3, 0.4) is 0 Å². The Morgan fingerprint density at radius 1 is 1.40 bits per heavy atom. The summed E-state index contributed by atoms with van der Waals surface area (Å²) in [5.74, 6) is -0.110. The van der Waals surface area contributed by atoms with Gasteiger partial charge in [-0.3, -0.25) is 4.79 Å². The van der Waals surface area contributed by atoms with E-state index in [1.165, 1.54) is 0 Å². The Balaban J connectivity index is 3.64. The lowest BCUT2D eigenvalue weighted by molar-refractivity contribution is -0.148. The third kappa shape index (κ3) is 8.43. The molecule has 0 aliphatic carbocycles. The maximum absolute atomic E-state index is 11.5. The van der Waals surface area contributed by atoms with Crippen molar-refractivity contribution in [3.63, 3.8) is 0 Å². The first-order valence-corrected chi connectivity index (χ1v) is 5.73. The summed E-state index contributed by atoms with van der Waals surface area (Å²) in [6, 6.07) is 0. The van der Waals surface area contributed by atoms with E-state index in [4.69, 9.17) is 10.5 Å². The summed E-state index contributed by atoms with van der Waals surface area (Å²) in [6.07, 6.45) is 2.61. The van der Waals surface area contributed by atoms with Crippen LogP contribution in [0.2, 0.25) is 0 Å². The number of carbonyl (C=O) groups excluding carboxylic acids is 1. The van der Waals surface area contributed by atoms with Gasteiger partial charge in [0, 0.05) is 0 Å². The van der Waals surface area contributed by atoms with Gasteiger partial charge in [0.2, 0.25) is 0 Å². The summed E-state index contributed by atoms with van der Waals surface area (Å²) in [5, 5.41) is 0. The van der Waals surface area contributed by atoms with Crippen LogP contribution in [0.15, 0.2) is 0 Å². The van der Waals surface area contributed by atoms with Crippen molar-refractivity contribution in [3.8, 4) is 0 Å². The minimum atomic E-state index is -0.0901. The van der Waals surface area contributed by atoms with Gasteiger partial charge in [-0.25, -0.2) is 0 Å². The molecule has 0 saturated carbocycles. The van der Waals surface area contributed by atoms with E-state index in [0.29, 0.717) is 13.2 Å². The molecule has 0 saturated heterocycles. The SMILES string of the molecule is CC(CCCN)C(=O)OCCC(C)(C)C. The van der Waals surface area contributed by atoms with E-state index in [9.17, 15) is 4.79 Å². The summed E-state index contributed by atoms with van der Waals surface area (Å²) in [4.78, 5) is 11.5. The van der Waals surface area contributed by atoms with Gasteiger partial charge in [0.1, 0.15) is 0 Å². The lowest BCUT2D eigenvalue weighted by Gasteiger charge is -2.18. The van der Waals surface area contributed by atoms with E-state index in [1.807, 2.05) is 6.92 Å². The van der Waals surface area contributed by atoms with Gasteiger partial charge >= 0.3 is 5.97 Å². The summed E-state index contributed by atoms with van der Waals surface area (Å²) >= 11 is 0. The third-order valence-corrected chi connectivity index (χ3v) is 2.34. The number of ether oxygens (including phenoxy) is 1. The Morgan fingerprint density at radius 3 is 2.47 bits per heavy atom. The molecule has 0 bridgehead atoms. The summed E-state index contributed by atoms with van der Waals surface area (Å²) in [5.41, 5.74) is 5.61. The molecular weight excluding hydrogens is 190 g/mol. The molecule has 0 aliphatic rings. The number of hydrogen-bond acceptors (Lipinski definition) is 3. The molecule has 0 aromatic carbocycles. The number of esters is 1. The van der Waals surface area contributed by atoms with Crippen molar-refractivity contribution < 1.29 is 9.53 Å². The minimum Gasteiger partial charge on any atom is -0.465 e. The Morgan fingerprint density at radius 2 is 2.00 bits per heavy atom. The highest BCUT2D eigenvalue weighted by molar-refractivity contribution is 5.71. The molecule has 0 radical (unpaired) electrons. The van der Waals surface area contributed by atoms with E-state index < -0.39 is 0 Å². The molecule has 0 heterocycles. The topological polar surface area (TPSA) is 52.3 Å². The fourth-order valence-electron chi connectivity index (χ4n) is 1.14. The van der Waals surface area contributed by atoms with Crippen molar-refractivity contribution in [2.75, 3.05) is 13.2 Å². The average Bonchev–Trinajstić information content (AvgIpc) is 2.11. The molecule has 2 N–H and O–H groups in total. The molecule has 0 amide bonds. The van der Waals surface area contributed by atoms with Crippen LogP contribution < -0.4 is 5.73 Å². The number of nitrogens with two attached hydrogens (primary N) is 1. The molecule has 15 heavy (non-hydrogen) atoms. The van der Waals surface area contributed by atoms with Gasteiger partial charge in [0.25, 0.3) is 0 Å². The van der Waals surface area contributed by atoms with Gasteiger partial charge in [-0.05, 0) is 31.2 Å². The molecule has 1 unspecified atom stereocenters. The second kappa shape index (κ2) is 6.83. The molecule has 0 aromatic heterocycles. The Bertz CT molecular complexity index is 185. The lowest BCUT2D eigenvalue weighted by Crippen LogP contribution is -2.19. The average molecular weight is 215 g/mol. The van der Waals surface area contributed by atoms with E-state index in [-0.39, 0.29) is 17.3 Å². The van der Waals surface area contributed by atoms with E-state index in [1.54, 1.807) is 0 Å². The zero-order valence-corrected chi connectivity index (χ0v) is 10.5. The molecule has 90 valence electrons. The van der Waals surface area contributed by atoms with Crippen molar-refractivity contribution in [1.29, 1.82) is 0 Å². The van der Waals surface area contributed by atoms with Crippen molar-refractivity contribution >= 4 is 5.97 Å². The second-order valence-corrected chi connectivity index (χ2v) is 5.31. The highest BCUT2D eigenvalue weighted by Gasteiger charge is 2.15. The summed E-state index contributed by atoms with van der Waals surface area (Å²) in [6.45, 7) is 9.47. The van der Waals surface area contributed by atoms with Crippen molar-refractivity contribution in [2.24, 2.45) is 17.1 Å². The van der Waals surface area contributed by atoms with E-state index in [0.717, 1.165) is 19.3 Å². The monoisotopic (exact) mass is 215 g/mol. The number of carbonyl (C=O) groups is 1. The summed E-state index contributed by atoms with van der Waals surface area (Å²) < 4.78 is 5.20. The van der Waals surface area contributed by atoms with Gasteiger partial charge in [0.05, 0.1) is 12.5 Å².